The first-order valence-corrected chi connectivity index (χ1v) is 9.18. The number of aromatic nitrogens is 1. The number of nitrogens with one attached hydrogen (secondary N) is 1. The Labute approximate surface area is 185 Å². The molecule has 0 unspecified atom stereocenters. The van der Waals surface area contributed by atoms with Crippen molar-refractivity contribution in [2.45, 2.75) is 26.8 Å². The fourth-order valence-electron chi connectivity index (χ4n) is 2.85. The molecule has 0 saturated carbocycles. The number of methoxy groups -OCH3 is 2. The van der Waals surface area contributed by atoms with Gasteiger partial charge < -0.3 is 19.7 Å². The maximum atomic E-state index is 5.51. The van der Waals surface area contributed by atoms with Crippen molar-refractivity contribution in [3.05, 3.63) is 53.3 Å². The van der Waals surface area contributed by atoms with Crippen molar-refractivity contribution in [2.24, 2.45) is 4.99 Å². The molecule has 0 atom stereocenters. The molecule has 1 aromatic carbocycles. The standard InChI is InChI=1S/C21H30N4O2.HI/c1-6-23-21(24-12-10-17-9-11-22-14-16(17)2)25(3)15-18-7-8-19(26-4)13-20(18)27-5;/h7-9,11,13-14H,6,10,12,15H2,1-5H3,(H,23,24);1H. The van der Waals surface area contributed by atoms with Crippen molar-refractivity contribution < 1.29 is 9.47 Å². The molecule has 0 aliphatic carbocycles. The van der Waals surface area contributed by atoms with Crippen LogP contribution in [0.25, 0.3) is 0 Å². The molecule has 0 saturated heterocycles. The number of nitrogens with zero attached hydrogens (tertiary/aromatic N) is 3. The Balaban J connectivity index is 0.00000392. The lowest BCUT2D eigenvalue weighted by molar-refractivity contribution is 0.382. The topological polar surface area (TPSA) is 59.0 Å². The van der Waals surface area contributed by atoms with Crippen LogP contribution in [0, 0.1) is 6.92 Å². The summed E-state index contributed by atoms with van der Waals surface area (Å²) in [4.78, 5) is 11.0. The minimum absolute atomic E-state index is 0. The first-order chi connectivity index (χ1) is 13.1. The summed E-state index contributed by atoms with van der Waals surface area (Å²) in [5, 5.41) is 3.36. The summed E-state index contributed by atoms with van der Waals surface area (Å²) in [7, 11) is 5.36. The highest BCUT2D eigenvalue weighted by Gasteiger charge is 2.11. The van der Waals surface area contributed by atoms with E-state index in [0.29, 0.717) is 6.54 Å². The molecule has 1 aromatic heterocycles. The van der Waals surface area contributed by atoms with Gasteiger partial charge in [0.2, 0.25) is 0 Å². The molecule has 154 valence electrons. The normalized spacial score (nSPS) is 10.8. The zero-order valence-corrected chi connectivity index (χ0v) is 19.7. The third-order valence-corrected chi connectivity index (χ3v) is 4.38. The van der Waals surface area contributed by atoms with E-state index in [1.165, 1.54) is 11.1 Å². The van der Waals surface area contributed by atoms with E-state index in [1.54, 1.807) is 14.2 Å². The van der Waals surface area contributed by atoms with E-state index >= 15 is 0 Å². The molecule has 0 aliphatic rings. The molecular formula is C21H31IN4O2. The monoisotopic (exact) mass is 498 g/mol. The van der Waals surface area contributed by atoms with Crippen LogP contribution < -0.4 is 14.8 Å². The van der Waals surface area contributed by atoms with Crippen molar-refractivity contribution in [1.82, 2.24) is 15.2 Å². The van der Waals surface area contributed by atoms with E-state index in [0.717, 1.165) is 42.5 Å². The Kier molecular flexibility index (Phi) is 10.7. The molecular weight excluding hydrogens is 467 g/mol. The van der Waals surface area contributed by atoms with E-state index in [1.807, 2.05) is 37.6 Å². The number of aryl methyl sites for hydroxylation is 1. The van der Waals surface area contributed by atoms with Crippen LogP contribution in [0.4, 0.5) is 0 Å². The zero-order chi connectivity index (χ0) is 19.6. The van der Waals surface area contributed by atoms with E-state index in [4.69, 9.17) is 14.5 Å². The molecule has 2 aromatic rings. The number of pyridine rings is 1. The Morgan fingerprint density at radius 3 is 2.61 bits per heavy atom. The first kappa shape index (κ1) is 24.0. The molecule has 6 nitrogen and oxygen atoms in total. The summed E-state index contributed by atoms with van der Waals surface area (Å²) >= 11 is 0. The third-order valence-electron chi connectivity index (χ3n) is 4.38. The van der Waals surface area contributed by atoms with E-state index in [-0.39, 0.29) is 24.0 Å². The lowest BCUT2D eigenvalue weighted by Crippen LogP contribution is -2.38. The van der Waals surface area contributed by atoms with Crippen molar-refractivity contribution >= 4 is 29.9 Å². The summed E-state index contributed by atoms with van der Waals surface area (Å²) in [5.74, 6) is 2.47. The predicted octanol–water partition coefficient (Wildman–Crippen LogP) is 3.67. The molecule has 0 amide bonds. The third kappa shape index (κ3) is 6.85. The molecule has 1 N–H and O–H groups in total. The average Bonchev–Trinajstić information content (AvgIpc) is 2.69. The molecule has 0 spiro atoms. The number of hydrogen-bond donors (Lipinski definition) is 1. The van der Waals surface area contributed by atoms with Gasteiger partial charge in [0.05, 0.1) is 14.2 Å². The number of benzene rings is 1. The van der Waals surface area contributed by atoms with Crippen molar-refractivity contribution in [2.75, 3.05) is 34.4 Å². The van der Waals surface area contributed by atoms with Crippen LogP contribution in [0.3, 0.4) is 0 Å². The second-order valence-electron chi connectivity index (χ2n) is 6.32. The predicted molar refractivity (Wildman–Crippen MR) is 125 cm³/mol. The molecule has 0 radical (unpaired) electrons. The Bertz CT molecular complexity index is 768. The molecule has 0 aliphatic heterocycles. The van der Waals surface area contributed by atoms with Gasteiger partial charge in [0.15, 0.2) is 5.96 Å². The van der Waals surface area contributed by atoms with Crippen LogP contribution in [0.2, 0.25) is 0 Å². The van der Waals surface area contributed by atoms with Crippen LogP contribution in [-0.2, 0) is 13.0 Å². The van der Waals surface area contributed by atoms with Crippen molar-refractivity contribution in [1.29, 1.82) is 0 Å². The second kappa shape index (κ2) is 12.4. The lowest BCUT2D eigenvalue weighted by atomic mass is 10.1. The first-order valence-electron chi connectivity index (χ1n) is 9.18. The van der Waals surface area contributed by atoms with Gasteiger partial charge in [-0.15, -0.1) is 24.0 Å². The van der Waals surface area contributed by atoms with Crippen LogP contribution in [-0.4, -0.2) is 50.2 Å². The SMILES string of the molecule is CCNC(=NCCc1ccncc1C)N(C)Cc1ccc(OC)cc1OC.I. The van der Waals surface area contributed by atoms with Crippen LogP contribution in [0.1, 0.15) is 23.6 Å². The summed E-state index contributed by atoms with van der Waals surface area (Å²) in [5.41, 5.74) is 3.56. The Morgan fingerprint density at radius 2 is 1.96 bits per heavy atom. The van der Waals surface area contributed by atoms with Gasteiger partial charge in [-0.3, -0.25) is 9.98 Å². The van der Waals surface area contributed by atoms with Crippen molar-refractivity contribution in [3.63, 3.8) is 0 Å². The van der Waals surface area contributed by atoms with E-state index in [9.17, 15) is 0 Å². The second-order valence-corrected chi connectivity index (χ2v) is 6.32. The van der Waals surface area contributed by atoms with Gasteiger partial charge in [-0.2, -0.15) is 0 Å². The van der Waals surface area contributed by atoms with Crippen molar-refractivity contribution in [3.8, 4) is 11.5 Å². The van der Waals surface area contributed by atoms with Gasteiger partial charge in [0.1, 0.15) is 11.5 Å². The maximum Gasteiger partial charge on any atom is 0.193 e. The molecule has 7 heteroatoms. The largest absolute Gasteiger partial charge is 0.497 e. The average molecular weight is 498 g/mol. The van der Waals surface area contributed by atoms with Gasteiger partial charge in [-0.05, 0) is 49.6 Å². The van der Waals surface area contributed by atoms with Gasteiger partial charge in [-0.1, -0.05) is 0 Å². The highest BCUT2D eigenvalue weighted by atomic mass is 127. The summed E-state index contributed by atoms with van der Waals surface area (Å²) in [6.45, 7) is 6.38. The molecule has 0 fully saturated rings. The van der Waals surface area contributed by atoms with Crippen LogP contribution in [0.5, 0.6) is 11.5 Å². The number of aliphatic imine (C=N–C) groups is 1. The van der Waals surface area contributed by atoms with E-state index in [2.05, 4.69) is 35.1 Å². The van der Waals surface area contributed by atoms with Gasteiger partial charge in [-0.25, -0.2) is 0 Å². The quantitative estimate of drug-likeness (QED) is 0.342. The molecule has 0 bridgehead atoms. The summed E-state index contributed by atoms with van der Waals surface area (Å²) < 4.78 is 10.8. The fourth-order valence-corrected chi connectivity index (χ4v) is 2.85. The number of guanidine groups is 1. The van der Waals surface area contributed by atoms with E-state index < -0.39 is 0 Å². The smallest absolute Gasteiger partial charge is 0.193 e. The zero-order valence-electron chi connectivity index (χ0n) is 17.4. The minimum Gasteiger partial charge on any atom is -0.497 e. The minimum atomic E-state index is 0. The Hall–Kier alpha value is -2.03. The highest BCUT2D eigenvalue weighted by Crippen LogP contribution is 2.25. The molecule has 28 heavy (non-hydrogen) atoms. The number of rotatable bonds is 8. The summed E-state index contributed by atoms with van der Waals surface area (Å²) in [6.07, 6.45) is 4.62. The number of hydrogen-bond acceptors (Lipinski definition) is 4. The van der Waals surface area contributed by atoms with Gasteiger partial charge in [0.25, 0.3) is 0 Å². The number of halogens is 1. The van der Waals surface area contributed by atoms with Gasteiger partial charge >= 0.3 is 0 Å². The van der Waals surface area contributed by atoms with Crippen LogP contribution in [0.15, 0.2) is 41.7 Å². The lowest BCUT2D eigenvalue weighted by Gasteiger charge is -2.23. The Morgan fingerprint density at radius 1 is 1.18 bits per heavy atom. The molecule has 2 rings (SSSR count). The van der Waals surface area contributed by atoms with Crippen LogP contribution >= 0.6 is 24.0 Å². The fraction of sp³-hybridized carbons (Fsp3) is 0.429. The summed E-state index contributed by atoms with van der Waals surface area (Å²) in [6, 6.07) is 7.93. The molecule has 1 heterocycles. The maximum absolute atomic E-state index is 5.51. The highest BCUT2D eigenvalue weighted by molar-refractivity contribution is 14.0. The number of ether oxygens (including phenoxy) is 2. The van der Waals surface area contributed by atoms with Gasteiger partial charge in [0, 0.05) is 50.7 Å².